The molecule has 0 aromatic heterocycles. The fourth-order valence-corrected chi connectivity index (χ4v) is 1.44. The molecule has 8 heteroatoms. The van der Waals surface area contributed by atoms with Crippen molar-refractivity contribution in [3.63, 3.8) is 0 Å². The van der Waals surface area contributed by atoms with Gasteiger partial charge in [-0.05, 0) is 0 Å². The standard InChI is InChI=1S/C14H22IN3O4/c1-13(19)14(18-16)12-17-5-7-21-9-11-22-10-8-20-6-3-2-4-15/h12,16-17H,4-11H2,1H3/b14-12-,18-16?. The second-order valence-electron chi connectivity index (χ2n) is 3.92. The van der Waals surface area contributed by atoms with Crippen LogP contribution in [0, 0.1) is 17.4 Å². The molecule has 0 unspecified atom stereocenters. The van der Waals surface area contributed by atoms with Gasteiger partial charge >= 0.3 is 0 Å². The molecule has 0 aliphatic carbocycles. The van der Waals surface area contributed by atoms with Crippen LogP contribution in [-0.2, 0) is 19.0 Å². The largest absolute Gasteiger partial charge is 0.387 e. The van der Waals surface area contributed by atoms with Gasteiger partial charge < -0.3 is 19.5 Å². The Bertz CT molecular complexity index is 405. The number of ether oxygens (including phenoxy) is 3. The Morgan fingerprint density at radius 3 is 2.41 bits per heavy atom. The van der Waals surface area contributed by atoms with Crippen LogP contribution >= 0.6 is 22.6 Å². The van der Waals surface area contributed by atoms with Crippen molar-refractivity contribution in [3.05, 3.63) is 11.9 Å². The predicted octanol–water partition coefficient (Wildman–Crippen LogP) is 1.53. The van der Waals surface area contributed by atoms with E-state index in [-0.39, 0.29) is 11.5 Å². The SMILES string of the molecule is CC(=O)/C(=C/NCCOCCOCCOCC#CCI)N=N. The van der Waals surface area contributed by atoms with Crippen LogP contribution in [0.3, 0.4) is 0 Å². The van der Waals surface area contributed by atoms with Crippen molar-refractivity contribution >= 4 is 28.4 Å². The summed E-state index contributed by atoms with van der Waals surface area (Å²) < 4.78 is 16.7. The van der Waals surface area contributed by atoms with Gasteiger partial charge in [0.1, 0.15) is 12.3 Å². The van der Waals surface area contributed by atoms with E-state index in [4.69, 9.17) is 19.7 Å². The molecule has 0 radical (unpaired) electrons. The fourth-order valence-electron chi connectivity index (χ4n) is 1.17. The molecule has 0 aliphatic rings. The highest BCUT2D eigenvalue weighted by molar-refractivity contribution is 14.1. The summed E-state index contributed by atoms with van der Waals surface area (Å²) >= 11 is 2.19. The van der Waals surface area contributed by atoms with E-state index in [1.807, 2.05) is 0 Å². The second kappa shape index (κ2) is 16.4. The van der Waals surface area contributed by atoms with E-state index in [9.17, 15) is 4.79 Å². The third kappa shape index (κ3) is 13.9. The summed E-state index contributed by atoms with van der Waals surface area (Å²) in [7, 11) is 0. The summed E-state index contributed by atoms with van der Waals surface area (Å²) in [5.74, 6) is 5.53. The number of hydrogen-bond acceptors (Lipinski definition) is 7. The molecule has 0 spiro atoms. The highest BCUT2D eigenvalue weighted by Gasteiger charge is 1.99. The molecule has 7 nitrogen and oxygen atoms in total. The molecule has 0 heterocycles. The minimum absolute atomic E-state index is 0.0894. The average molecular weight is 423 g/mol. The van der Waals surface area contributed by atoms with Crippen LogP contribution in [0.5, 0.6) is 0 Å². The first-order valence-electron chi connectivity index (χ1n) is 6.79. The van der Waals surface area contributed by atoms with Gasteiger partial charge in [0.15, 0.2) is 5.78 Å². The lowest BCUT2D eigenvalue weighted by Crippen LogP contribution is -2.17. The Balaban J connectivity index is 3.30. The number of nitrogens with one attached hydrogen (secondary N) is 2. The van der Waals surface area contributed by atoms with Gasteiger partial charge in [0.2, 0.25) is 0 Å². The smallest absolute Gasteiger partial charge is 0.181 e. The van der Waals surface area contributed by atoms with Gasteiger partial charge in [-0.1, -0.05) is 34.4 Å². The quantitative estimate of drug-likeness (QED) is 0.117. The number of hydrogen-bond donors (Lipinski definition) is 2. The first-order chi connectivity index (χ1) is 10.7. The minimum atomic E-state index is -0.251. The van der Waals surface area contributed by atoms with E-state index in [1.165, 1.54) is 13.1 Å². The zero-order valence-corrected chi connectivity index (χ0v) is 14.8. The Hall–Kier alpha value is -1.02. The Morgan fingerprint density at radius 2 is 1.82 bits per heavy atom. The van der Waals surface area contributed by atoms with Crippen LogP contribution in [0.25, 0.3) is 0 Å². The van der Waals surface area contributed by atoms with Crippen molar-refractivity contribution in [2.24, 2.45) is 5.11 Å². The molecule has 2 N–H and O–H groups in total. The van der Waals surface area contributed by atoms with E-state index in [1.54, 1.807) is 0 Å². The summed E-state index contributed by atoms with van der Waals surface area (Å²) in [6.07, 6.45) is 1.41. The van der Waals surface area contributed by atoms with Crippen LogP contribution in [-0.4, -0.2) is 56.4 Å². The molecule has 0 amide bonds. The maximum absolute atomic E-state index is 11.0. The Morgan fingerprint density at radius 1 is 1.18 bits per heavy atom. The number of allylic oxidation sites excluding steroid dienone is 1. The number of Topliss-reactive ketones (excluding diaryl/α,β-unsaturated/α-hetero) is 1. The first kappa shape index (κ1) is 21.0. The number of carbonyl (C=O) groups excluding carboxylic acids is 1. The summed E-state index contributed by atoms with van der Waals surface area (Å²) in [6.45, 7) is 4.84. The zero-order valence-electron chi connectivity index (χ0n) is 12.7. The summed E-state index contributed by atoms with van der Waals surface area (Å²) in [4.78, 5) is 11.0. The lowest BCUT2D eigenvalue weighted by Gasteiger charge is -2.06. The normalized spacial score (nSPS) is 10.7. The number of halogens is 1. The van der Waals surface area contributed by atoms with Crippen LogP contribution in [0.2, 0.25) is 0 Å². The third-order valence-electron chi connectivity index (χ3n) is 2.22. The van der Waals surface area contributed by atoms with Crippen LogP contribution in [0.4, 0.5) is 0 Å². The van der Waals surface area contributed by atoms with Crippen molar-refractivity contribution in [1.82, 2.24) is 5.32 Å². The zero-order chi connectivity index (χ0) is 16.5. The molecular weight excluding hydrogens is 401 g/mol. The maximum atomic E-state index is 11.0. The maximum Gasteiger partial charge on any atom is 0.181 e. The Kier molecular flexibility index (Phi) is 15.6. The minimum Gasteiger partial charge on any atom is -0.387 e. The Labute approximate surface area is 144 Å². The molecule has 124 valence electrons. The highest BCUT2D eigenvalue weighted by atomic mass is 127. The summed E-state index contributed by atoms with van der Waals surface area (Å²) in [5.41, 5.74) is 6.88. The molecule has 0 aromatic carbocycles. The van der Waals surface area contributed by atoms with Crippen molar-refractivity contribution in [2.75, 3.05) is 50.6 Å². The van der Waals surface area contributed by atoms with E-state index in [0.29, 0.717) is 46.2 Å². The monoisotopic (exact) mass is 423 g/mol. The van der Waals surface area contributed by atoms with Gasteiger partial charge in [-0.25, -0.2) is 5.53 Å². The third-order valence-corrected chi connectivity index (χ3v) is 2.60. The number of nitrogens with zero attached hydrogens (tertiary/aromatic N) is 1. The van der Waals surface area contributed by atoms with Gasteiger partial charge in [-0.2, -0.15) is 5.11 Å². The molecule has 0 rings (SSSR count). The van der Waals surface area contributed by atoms with Crippen molar-refractivity contribution in [1.29, 1.82) is 5.53 Å². The number of rotatable bonds is 13. The number of alkyl halides is 1. The molecule has 0 saturated heterocycles. The van der Waals surface area contributed by atoms with Gasteiger partial charge in [-0.15, -0.1) is 0 Å². The molecule has 22 heavy (non-hydrogen) atoms. The predicted molar refractivity (Wildman–Crippen MR) is 91.0 cm³/mol. The molecule has 0 aliphatic heterocycles. The molecule has 0 bridgehead atoms. The topological polar surface area (TPSA) is 93.0 Å². The van der Waals surface area contributed by atoms with Crippen LogP contribution in [0.1, 0.15) is 6.92 Å². The highest BCUT2D eigenvalue weighted by Crippen LogP contribution is 1.94. The van der Waals surface area contributed by atoms with Crippen molar-refractivity contribution in [3.8, 4) is 11.8 Å². The van der Waals surface area contributed by atoms with E-state index < -0.39 is 0 Å². The van der Waals surface area contributed by atoms with Crippen molar-refractivity contribution in [2.45, 2.75) is 6.92 Å². The van der Waals surface area contributed by atoms with Crippen LogP contribution < -0.4 is 5.32 Å². The van der Waals surface area contributed by atoms with Crippen molar-refractivity contribution < 1.29 is 19.0 Å². The summed E-state index contributed by atoms with van der Waals surface area (Å²) in [5, 5.41) is 5.96. The van der Waals surface area contributed by atoms with E-state index in [0.717, 1.165) is 4.43 Å². The number of ketones is 1. The van der Waals surface area contributed by atoms with Gasteiger partial charge in [0.05, 0.1) is 37.5 Å². The van der Waals surface area contributed by atoms with Crippen LogP contribution in [0.15, 0.2) is 17.0 Å². The summed E-state index contributed by atoms with van der Waals surface area (Å²) in [6, 6.07) is 0. The lowest BCUT2D eigenvalue weighted by molar-refractivity contribution is -0.113. The van der Waals surface area contributed by atoms with E-state index >= 15 is 0 Å². The van der Waals surface area contributed by atoms with Gasteiger partial charge in [-0.3, -0.25) is 4.79 Å². The molecule has 0 aromatic rings. The lowest BCUT2D eigenvalue weighted by atomic mass is 10.3. The van der Waals surface area contributed by atoms with Gasteiger partial charge in [0.25, 0.3) is 0 Å². The second-order valence-corrected chi connectivity index (χ2v) is 4.68. The van der Waals surface area contributed by atoms with E-state index in [2.05, 4.69) is 44.9 Å². The number of carbonyl (C=O) groups is 1. The molecular formula is C14H22IN3O4. The molecule has 0 fully saturated rings. The average Bonchev–Trinajstić information content (AvgIpc) is 2.51. The fraction of sp³-hybridized carbons (Fsp3) is 0.643. The molecule has 0 saturated carbocycles. The van der Waals surface area contributed by atoms with Gasteiger partial charge in [0, 0.05) is 19.7 Å². The molecule has 0 atom stereocenters. The first-order valence-corrected chi connectivity index (χ1v) is 8.31.